The maximum atomic E-state index is 12.4. The summed E-state index contributed by atoms with van der Waals surface area (Å²) in [5.41, 5.74) is 1.10. The molecule has 2 aliphatic rings. The standard InChI is InChI=1S/C16H24N4OS/c21-16(11-15-13-22-10-5-18-15)20-8-6-19(7-9-20)12-14-3-1-2-4-17-14/h1-4,15,18H,5-13H2. The number of carbonyl (C=O) groups is 1. The Morgan fingerprint density at radius 3 is 2.86 bits per heavy atom. The van der Waals surface area contributed by atoms with Gasteiger partial charge in [0, 0.05) is 69.4 Å². The van der Waals surface area contributed by atoms with Gasteiger partial charge in [0.2, 0.25) is 5.91 Å². The van der Waals surface area contributed by atoms with Gasteiger partial charge in [-0.15, -0.1) is 0 Å². The van der Waals surface area contributed by atoms with Crippen molar-refractivity contribution in [3.63, 3.8) is 0 Å². The zero-order valence-electron chi connectivity index (χ0n) is 12.9. The SMILES string of the molecule is O=C(CC1CSCCN1)N1CCN(Cc2ccccn2)CC1. The number of piperazine rings is 1. The van der Waals surface area contributed by atoms with E-state index < -0.39 is 0 Å². The molecule has 0 aromatic carbocycles. The summed E-state index contributed by atoms with van der Waals surface area (Å²) in [6.45, 7) is 5.46. The second-order valence-electron chi connectivity index (χ2n) is 5.91. The van der Waals surface area contributed by atoms with Crippen LogP contribution in [0, 0.1) is 0 Å². The van der Waals surface area contributed by atoms with Crippen LogP contribution < -0.4 is 5.32 Å². The number of hydrogen-bond acceptors (Lipinski definition) is 5. The van der Waals surface area contributed by atoms with Gasteiger partial charge in [-0.25, -0.2) is 0 Å². The summed E-state index contributed by atoms with van der Waals surface area (Å²) in [6.07, 6.45) is 2.48. The van der Waals surface area contributed by atoms with Crippen molar-refractivity contribution >= 4 is 17.7 Å². The van der Waals surface area contributed by atoms with Crippen LogP contribution in [0.1, 0.15) is 12.1 Å². The van der Waals surface area contributed by atoms with Crippen molar-refractivity contribution in [2.75, 3.05) is 44.2 Å². The van der Waals surface area contributed by atoms with Gasteiger partial charge in [-0.3, -0.25) is 14.7 Å². The van der Waals surface area contributed by atoms with Crippen molar-refractivity contribution in [3.8, 4) is 0 Å². The van der Waals surface area contributed by atoms with E-state index >= 15 is 0 Å². The molecule has 3 rings (SSSR count). The molecule has 1 amide bonds. The third-order valence-electron chi connectivity index (χ3n) is 4.26. The molecule has 0 radical (unpaired) electrons. The number of amides is 1. The van der Waals surface area contributed by atoms with Gasteiger partial charge < -0.3 is 10.2 Å². The highest BCUT2D eigenvalue weighted by Crippen LogP contribution is 2.13. The van der Waals surface area contributed by atoms with Gasteiger partial charge in [0.25, 0.3) is 0 Å². The lowest BCUT2D eigenvalue weighted by Gasteiger charge is -2.35. The minimum Gasteiger partial charge on any atom is -0.340 e. The van der Waals surface area contributed by atoms with Crippen LogP contribution in [0.3, 0.4) is 0 Å². The Kier molecular flexibility index (Phi) is 5.70. The molecule has 1 N–H and O–H groups in total. The average molecular weight is 320 g/mol. The molecular formula is C16H24N4OS. The Hall–Kier alpha value is -1.11. The topological polar surface area (TPSA) is 48.5 Å². The molecule has 1 unspecified atom stereocenters. The predicted octanol–water partition coefficient (Wildman–Crippen LogP) is 0.821. The molecule has 2 aliphatic heterocycles. The molecule has 120 valence electrons. The van der Waals surface area contributed by atoms with Gasteiger partial charge in [-0.2, -0.15) is 11.8 Å². The van der Waals surface area contributed by atoms with E-state index in [0.29, 0.717) is 18.4 Å². The summed E-state index contributed by atoms with van der Waals surface area (Å²) >= 11 is 1.94. The van der Waals surface area contributed by atoms with E-state index in [1.165, 1.54) is 0 Å². The first-order chi connectivity index (χ1) is 10.8. The molecule has 2 saturated heterocycles. The quantitative estimate of drug-likeness (QED) is 0.890. The minimum absolute atomic E-state index is 0.303. The normalized spacial score (nSPS) is 23.5. The molecular weight excluding hydrogens is 296 g/mol. The highest BCUT2D eigenvalue weighted by molar-refractivity contribution is 7.99. The molecule has 22 heavy (non-hydrogen) atoms. The van der Waals surface area contributed by atoms with Crippen LogP contribution in [0.2, 0.25) is 0 Å². The third kappa shape index (κ3) is 4.44. The fourth-order valence-electron chi connectivity index (χ4n) is 2.97. The molecule has 1 aromatic heterocycles. The molecule has 1 aromatic rings. The van der Waals surface area contributed by atoms with Crippen molar-refractivity contribution in [3.05, 3.63) is 30.1 Å². The fraction of sp³-hybridized carbons (Fsp3) is 0.625. The fourth-order valence-corrected chi connectivity index (χ4v) is 3.92. The Bertz CT molecular complexity index is 470. The van der Waals surface area contributed by atoms with E-state index in [4.69, 9.17) is 0 Å². The number of pyridine rings is 1. The Morgan fingerprint density at radius 2 is 2.18 bits per heavy atom. The van der Waals surface area contributed by atoms with E-state index in [2.05, 4.69) is 21.3 Å². The highest BCUT2D eigenvalue weighted by atomic mass is 32.2. The average Bonchev–Trinajstić information content (AvgIpc) is 2.57. The highest BCUT2D eigenvalue weighted by Gasteiger charge is 2.24. The van der Waals surface area contributed by atoms with Crippen molar-refractivity contribution in [1.82, 2.24) is 20.1 Å². The molecule has 0 aliphatic carbocycles. The molecule has 1 atom stereocenters. The summed E-state index contributed by atoms with van der Waals surface area (Å²) in [6, 6.07) is 6.39. The maximum absolute atomic E-state index is 12.4. The first-order valence-corrected chi connectivity index (χ1v) is 9.18. The summed E-state index contributed by atoms with van der Waals surface area (Å²) in [5, 5.41) is 3.44. The predicted molar refractivity (Wildman–Crippen MR) is 89.8 cm³/mol. The number of thioether (sulfide) groups is 1. The van der Waals surface area contributed by atoms with Crippen LogP contribution >= 0.6 is 11.8 Å². The summed E-state index contributed by atoms with van der Waals surface area (Å²) < 4.78 is 0. The number of carbonyl (C=O) groups excluding carboxylic acids is 1. The van der Waals surface area contributed by atoms with Crippen molar-refractivity contribution in [1.29, 1.82) is 0 Å². The van der Waals surface area contributed by atoms with Gasteiger partial charge in [0.05, 0.1) is 5.69 Å². The van der Waals surface area contributed by atoms with Crippen LogP contribution in [-0.4, -0.2) is 71.0 Å². The number of nitrogens with one attached hydrogen (secondary N) is 1. The van der Waals surface area contributed by atoms with E-state index in [1.54, 1.807) is 0 Å². The monoisotopic (exact) mass is 320 g/mol. The lowest BCUT2D eigenvalue weighted by molar-refractivity contribution is -0.133. The third-order valence-corrected chi connectivity index (χ3v) is 5.39. The smallest absolute Gasteiger partial charge is 0.224 e. The van der Waals surface area contributed by atoms with Crippen molar-refractivity contribution in [2.24, 2.45) is 0 Å². The summed E-state index contributed by atoms with van der Waals surface area (Å²) in [4.78, 5) is 21.1. The summed E-state index contributed by atoms with van der Waals surface area (Å²) in [5.74, 6) is 2.53. The number of aromatic nitrogens is 1. The molecule has 6 heteroatoms. The Balaban J connectivity index is 1.42. The van der Waals surface area contributed by atoms with Crippen LogP contribution in [0.5, 0.6) is 0 Å². The van der Waals surface area contributed by atoms with Gasteiger partial charge in [-0.1, -0.05) is 6.07 Å². The van der Waals surface area contributed by atoms with Crippen molar-refractivity contribution in [2.45, 2.75) is 19.0 Å². The minimum atomic E-state index is 0.303. The molecule has 0 saturated carbocycles. The number of rotatable bonds is 4. The number of hydrogen-bond donors (Lipinski definition) is 1. The Morgan fingerprint density at radius 1 is 1.32 bits per heavy atom. The lowest BCUT2D eigenvalue weighted by atomic mass is 10.2. The second kappa shape index (κ2) is 7.94. The van der Waals surface area contributed by atoms with E-state index in [-0.39, 0.29) is 0 Å². The van der Waals surface area contributed by atoms with Crippen molar-refractivity contribution < 1.29 is 4.79 Å². The van der Waals surface area contributed by atoms with Gasteiger partial charge in [0.15, 0.2) is 0 Å². The summed E-state index contributed by atoms with van der Waals surface area (Å²) in [7, 11) is 0. The van der Waals surface area contributed by atoms with Crippen LogP contribution in [0.25, 0.3) is 0 Å². The van der Waals surface area contributed by atoms with Gasteiger partial charge in [0.1, 0.15) is 0 Å². The van der Waals surface area contributed by atoms with Gasteiger partial charge in [-0.05, 0) is 12.1 Å². The van der Waals surface area contributed by atoms with E-state index in [9.17, 15) is 4.79 Å². The second-order valence-corrected chi connectivity index (χ2v) is 7.06. The molecule has 5 nitrogen and oxygen atoms in total. The number of nitrogens with zero attached hydrogens (tertiary/aromatic N) is 3. The zero-order chi connectivity index (χ0) is 15.2. The molecule has 0 bridgehead atoms. The largest absolute Gasteiger partial charge is 0.340 e. The van der Waals surface area contributed by atoms with E-state index in [1.807, 2.05) is 35.0 Å². The lowest BCUT2D eigenvalue weighted by Crippen LogP contribution is -2.50. The maximum Gasteiger partial charge on any atom is 0.224 e. The Labute approximate surface area is 136 Å². The first-order valence-electron chi connectivity index (χ1n) is 8.02. The molecule has 2 fully saturated rings. The van der Waals surface area contributed by atoms with Crippen LogP contribution in [-0.2, 0) is 11.3 Å². The van der Waals surface area contributed by atoms with Gasteiger partial charge >= 0.3 is 0 Å². The van der Waals surface area contributed by atoms with Crippen LogP contribution in [0.4, 0.5) is 0 Å². The molecule has 0 spiro atoms. The molecule has 3 heterocycles. The van der Waals surface area contributed by atoms with E-state index in [0.717, 1.165) is 56.5 Å². The van der Waals surface area contributed by atoms with Crippen LogP contribution in [0.15, 0.2) is 24.4 Å². The zero-order valence-corrected chi connectivity index (χ0v) is 13.7. The first kappa shape index (κ1) is 15.8.